The molecule has 0 aliphatic carbocycles. The van der Waals surface area contributed by atoms with E-state index in [2.05, 4.69) is 48.1 Å². The van der Waals surface area contributed by atoms with E-state index < -0.39 is 0 Å². The molecule has 0 amide bonds. The highest BCUT2D eigenvalue weighted by molar-refractivity contribution is 5.75. The normalized spacial score (nSPS) is 10.5. The van der Waals surface area contributed by atoms with Gasteiger partial charge in [0.25, 0.3) is 0 Å². The van der Waals surface area contributed by atoms with E-state index in [-0.39, 0.29) is 0 Å². The van der Waals surface area contributed by atoms with Gasteiger partial charge in [0.1, 0.15) is 0 Å². The first kappa shape index (κ1) is 12.5. The number of pyridine rings is 2. The first-order valence-corrected chi connectivity index (χ1v) is 6.68. The van der Waals surface area contributed by atoms with Crippen LogP contribution in [-0.4, -0.2) is 9.97 Å². The van der Waals surface area contributed by atoms with Crippen molar-refractivity contribution >= 4 is 0 Å². The zero-order valence-corrected chi connectivity index (χ0v) is 11.7. The Kier molecular flexibility index (Phi) is 3.30. The van der Waals surface area contributed by atoms with E-state index in [0.717, 1.165) is 11.1 Å². The lowest BCUT2D eigenvalue weighted by Crippen LogP contribution is -1.90. The number of nitrogens with zero attached hydrogens (tertiary/aromatic N) is 2. The fourth-order valence-electron chi connectivity index (χ4n) is 2.48. The van der Waals surface area contributed by atoms with Crippen molar-refractivity contribution in [2.24, 2.45) is 0 Å². The second-order valence-corrected chi connectivity index (χ2v) is 4.97. The molecule has 0 fully saturated rings. The quantitative estimate of drug-likeness (QED) is 0.681. The average molecular weight is 260 g/mol. The third kappa shape index (κ3) is 2.32. The van der Waals surface area contributed by atoms with Crippen LogP contribution in [0.1, 0.15) is 11.1 Å². The van der Waals surface area contributed by atoms with Crippen molar-refractivity contribution in [1.82, 2.24) is 9.97 Å². The van der Waals surface area contributed by atoms with Gasteiger partial charge in [-0.1, -0.05) is 24.3 Å². The highest BCUT2D eigenvalue weighted by Gasteiger charge is 2.08. The molecule has 2 nitrogen and oxygen atoms in total. The van der Waals surface area contributed by atoms with Gasteiger partial charge in [0.2, 0.25) is 0 Å². The zero-order valence-electron chi connectivity index (χ0n) is 11.7. The predicted molar refractivity (Wildman–Crippen MR) is 82.4 cm³/mol. The van der Waals surface area contributed by atoms with E-state index in [0.29, 0.717) is 0 Å². The van der Waals surface area contributed by atoms with Gasteiger partial charge in [0.15, 0.2) is 0 Å². The van der Waals surface area contributed by atoms with Crippen molar-refractivity contribution in [3.05, 3.63) is 72.3 Å². The van der Waals surface area contributed by atoms with Gasteiger partial charge >= 0.3 is 0 Å². The minimum absolute atomic E-state index is 1.16. The van der Waals surface area contributed by atoms with Crippen molar-refractivity contribution in [3.8, 4) is 22.3 Å². The molecule has 2 heterocycles. The van der Waals surface area contributed by atoms with Crippen molar-refractivity contribution in [2.45, 2.75) is 13.8 Å². The number of aryl methyl sites for hydroxylation is 2. The van der Waals surface area contributed by atoms with Crippen molar-refractivity contribution in [1.29, 1.82) is 0 Å². The Hall–Kier alpha value is -2.48. The van der Waals surface area contributed by atoms with Gasteiger partial charge in [0.05, 0.1) is 0 Å². The number of rotatable bonds is 2. The fourth-order valence-corrected chi connectivity index (χ4v) is 2.48. The lowest BCUT2D eigenvalue weighted by Gasteiger charge is -2.12. The summed E-state index contributed by atoms with van der Waals surface area (Å²) in [5, 5.41) is 0. The Morgan fingerprint density at radius 2 is 1.15 bits per heavy atom. The Morgan fingerprint density at radius 3 is 1.50 bits per heavy atom. The second-order valence-electron chi connectivity index (χ2n) is 4.97. The van der Waals surface area contributed by atoms with Gasteiger partial charge in [0, 0.05) is 35.9 Å². The van der Waals surface area contributed by atoms with E-state index in [9.17, 15) is 0 Å². The molecule has 0 saturated heterocycles. The maximum absolute atomic E-state index is 4.20. The Labute approximate surface area is 119 Å². The van der Waals surface area contributed by atoms with Crippen LogP contribution in [0.25, 0.3) is 22.3 Å². The summed E-state index contributed by atoms with van der Waals surface area (Å²) in [7, 11) is 0. The van der Waals surface area contributed by atoms with Gasteiger partial charge in [-0.25, -0.2) is 0 Å². The number of hydrogen-bond acceptors (Lipinski definition) is 2. The first-order valence-electron chi connectivity index (χ1n) is 6.68. The maximum Gasteiger partial charge on any atom is 0.0346 e. The van der Waals surface area contributed by atoms with E-state index in [4.69, 9.17) is 0 Å². The standard InChI is InChI=1S/C18H16N2/c1-13-9-18(16-6-4-8-20-12-16)14(2)10-17(13)15-5-3-7-19-11-15/h3-12H,1-2H3. The van der Waals surface area contributed by atoms with Crippen LogP contribution in [-0.2, 0) is 0 Å². The molecule has 98 valence electrons. The van der Waals surface area contributed by atoms with E-state index in [1.54, 1.807) is 12.4 Å². The monoisotopic (exact) mass is 260 g/mol. The zero-order chi connectivity index (χ0) is 13.9. The summed E-state index contributed by atoms with van der Waals surface area (Å²) in [6.45, 7) is 4.28. The highest BCUT2D eigenvalue weighted by Crippen LogP contribution is 2.30. The largest absolute Gasteiger partial charge is 0.264 e. The van der Waals surface area contributed by atoms with Crippen molar-refractivity contribution < 1.29 is 0 Å². The molecule has 3 rings (SSSR count). The van der Waals surface area contributed by atoms with Gasteiger partial charge < -0.3 is 0 Å². The predicted octanol–water partition coefficient (Wildman–Crippen LogP) is 4.43. The summed E-state index contributed by atoms with van der Waals surface area (Å²) >= 11 is 0. The third-order valence-electron chi connectivity index (χ3n) is 3.52. The number of benzene rings is 1. The molecular formula is C18H16N2. The number of aromatic nitrogens is 2. The molecule has 2 aromatic heterocycles. The molecule has 0 spiro atoms. The van der Waals surface area contributed by atoms with E-state index >= 15 is 0 Å². The Morgan fingerprint density at radius 1 is 0.700 bits per heavy atom. The minimum Gasteiger partial charge on any atom is -0.264 e. The molecule has 1 aromatic carbocycles. The van der Waals surface area contributed by atoms with Crippen LogP contribution in [0.2, 0.25) is 0 Å². The minimum atomic E-state index is 1.16. The van der Waals surface area contributed by atoms with Crippen LogP contribution in [0, 0.1) is 13.8 Å². The van der Waals surface area contributed by atoms with Crippen LogP contribution in [0.3, 0.4) is 0 Å². The van der Waals surface area contributed by atoms with Crippen LogP contribution in [0.15, 0.2) is 61.2 Å². The second kappa shape index (κ2) is 5.25. The molecule has 0 saturated carbocycles. The first-order chi connectivity index (χ1) is 9.75. The SMILES string of the molecule is Cc1cc(-c2cccnc2)c(C)cc1-c1cccnc1. The average Bonchev–Trinajstić information content (AvgIpc) is 2.51. The maximum atomic E-state index is 4.20. The Bertz CT molecular complexity index is 654. The van der Waals surface area contributed by atoms with Gasteiger partial charge in [-0.3, -0.25) is 9.97 Å². The van der Waals surface area contributed by atoms with Gasteiger partial charge in [-0.15, -0.1) is 0 Å². The summed E-state index contributed by atoms with van der Waals surface area (Å²) in [5.74, 6) is 0. The lowest BCUT2D eigenvalue weighted by atomic mass is 9.93. The van der Waals surface area contributed by atoms with Crippen LogP contribution in [0.5, 0.6) is 0 Å². The molecular weight excluding hydrogens is 244 g/mol. The molecule has 0 radical (unpaired) electrons. The molecule has 3 aromatic rings. The van der Waals surface area contributed by atoms with Crippen LogP contribution < -0.4 is 0 Å². The summed E-state index contributed by atoms with van der Waals surface area (Å²) in [5.41, 5.74) is 7.30. The van der Waals surface area contributed by atoms with Crippen LogP contribution in [0.4, 0.5) is 0 Å². The molecule has 0 N–H and O–H groups in total. The highest BCUT2D eigenvalue weighted by atomic mass is 14.6. The summed E-state index contributed by atoms with van der Waals surface area (Å²) in [4.78, 5) is 8.40. The number of hydrogen-bond donors (Lipinski definition) is 0. The van der Waals surface area contributed by atoms with Crippen LogP contribution >= 0.6 is 0 Å². The molecule has 0 aliphatic heterocycles. The van der Waals surface area contributed by atoms with Gasteiger partial charge in [-0.2, -0.15) is 0 Å². The molecule has 0 unspecified atom stereocenters. The summed E-state index contributed by atoms with van der Waals surface area (Å²) in [6.07, 6.45) is 7.42. The van der Waals surface area contributed by atoms with E-state index in [1.165, 1.54) is 22.3 Å². The van der Waals surface area contributed by atoms with Crippen molar-refractivity contribution in [3.63, 3.8) is 0 Å². The molecule has 20 heavy (non-hydrogen) atoms. The molecule has 2 heteroatoms. The lowest BCUT2D eigenvalue weighted by molar-refractivity contribution is 1.30. The van der Waals surface area contributed by atoms with Gasteiger partial charge in [-0.05, 0) is 48.2 Å². The van der Waals surface area contributed by atoms with E-state index in [1.807, 2.05) is 24.5 Å². The topological polar surface area (TPSA) is 25.8 Å². The summed E-state index contributed by atoms with van der Waals surface area (Å²) in [6, 6.07) is 12.6. The van der Waals surface area contributed by atoms with Crippen molar-refractivity contribution in [2.75, 3.05) is 0 Å². The smallest absolute Gasteiger partial charge is 0.0346 e. The molecule has 0 atom stereocenters. The third-order valence-corrected chi connectivity index (χ3v) is 3.52. The summed E-state index contributed by atoms with van der Waals surface area (Å²) < 4.78 is 0. The molecule has 0 bridgehead atoms. The fraction of sp³-hybridized carbons (Fsp3) is 0.111. The Balaban J connectivity index is 2.13. The molecule has 0 aliphatic rings.